The maximum Gasteiger partial charge on any atom is 0.0710 e. The summed E-state index contributed by atoms with van der Waals surface area (Å²) in [6.45, 7) is 7.28. The Hall–Kier alpha value is -0.900. The monoisotopic (exact) mass is 248 g/mol. The third kappa shape index (κ3) is 3.10. The summed E-state index contributed by atoms with van der Waals surface area (Å²) < 4.78 is 5.39. The second-order valence-corrected chi connectivity index (χ2v) is 5.37. The molecule has 0 saturated carbocycles. The van der Waals surface area contributed by atoms with Gasteiger partial charge in [-0.3, -0.25) is 4.90 Å². The molecule has 2 N–H and O–H groups in total. The van der Waals surface area contributed by atoms with Gasteiger partial charge in [-0.15, -0.1) is 0 Å². The van der Waals surface area contributed by atoms with E-state index in [4.69, 9.17) is 10.5 Å². The third-order valence-corrected chi connectivity index (χ3v) is 3.85. The molecule has 0 aromatic heterocycles. The van der Waals surface area contributed by atoms with E-state index in [-0.39, 0.29) is 6.04 Å². The molecule has 0 amide bonds. The van der Waals surface area contributed by atoms with Gasteiger partial charge in [0.2, 0.25) is 0 Å². The second kappa shape index (κ2) is 5.83. The van der Waals surface area contributed by atoms with Gasteiger partial charge in [-0.05, 0) is 31.4 Å². The van der Waals surface area contributed by atoms with Crippen molar-refractivity contribution in [2.24, 2.45) is 5.73 Å². The Morgan fingerprint density at radius 3 is 2.89 bits per heavy atom. The average Bonchev–Trinajstić information content (AvgIpc) is 2.80. The minimum absolute atomic E-state index is 0.0977. The topological polar surface area (TPSA) is 38.5 Å². The van der Waals surface area contributed by atoms with Crippen LogP contribution in [0.25, 0.3) is 0 Å². The largest absolute Gasteiger partial charge is 0.380 e. The SMILES string of the molecule is COC1CCN(CC(N)c2cc(C)ccc2C)C1. The van der Waals surface area contributed by atoms with Gasteiger partial charge in [-0.2, -0.15) is 0 Å². The van der Waals surface area contributed by atoms with E-state index in [0.717, 1.165) is 26.1 Å². The van der Waals surface area contributed by atoms with Crippen molar-refractivity contribution < 1.29 is 4.74 Å². The van der Waals surface area contributed by atoms with Crippen LogP contribution >= 0.6 is 0 Å². The zero-order valence-electron chi connectivity index (χ0n) is 11.6. The Kier molecular flexibility index (Phi) is 4.38. The van der Waals surface area contributed by atoms with Crippen molar-refractivity contribution in [2.45, 2.75) is 32.4 Å². The van der Waals surface area contributed by atoms with Crippen LogP contribution in [0.15, 0.2) is 18.2 Å². The molecular formula is C15H24N2O. The molecule has 18 heavy (non-hydrogen) atoms. The molecule has 100 valence electrons. The normalized spacial score (nSPS) is 22.3. The van der Waals surface area contributed by atoms with E-state index >= 15 is 0 Å². The van der Waals surface area contributed by atoms with Crippen molar-refractivity contribution in [2.75, 3.05) is 26.7 Å². The second-order valence-electron chi connectivity index (χ2n) is 5.37. The lowest BCUT2D eigenvalue weighted by atomic mass is 9.99. The summed E-state index contributed by atoms with van der Waals surface area (Å²) in [7, 11) is 1.79. The van der Waals surface area contributed by atoms with Gasteiger partial charge in [0.05, 0.1) is 6.10 Å². The summed E-state index contributed by atoms with van der Waals surface area (Å²) >= 11 is 0. The number of likely N-dealkylation sites (tertiary alicyclic amines) is 1. The molecule has 0 aliphatic carbocycles. The molecule has 3 nitrogen and oxygen atoms in total. The van der Waals surface area contributed by atoms with Gasteiger partial charge in [0.15, 0.2) is 0 Å². The first-order valence-electron chi connectivity index (χ1n) is 6.68. The number of aryl methyl sites for hydroxylation is 2. The maximum atomic E-state index is 6.35. The number of nitrogens with two attached hydrogens (primary N) is 1. The molecule has 1 aliphatic heterocycles. The van der Waals surface area contributed by atoms with Crippen LogP contribution in [0.3, 0.4) is 0 Å². The van der Waals surface area contributed by atoms with Gasteiger partial charge in [-0.25, -0.2) is 0 Å². The molecule has 0 radical (unpaired) electrons. The summed E-state index contributed by atoms with van der Waals surface area (Å²) in [6, 6.07) is 6.61. The highest BCUT2D eigenvalue weighted by molar-refractivity contribution is 5.33. The van der Waals surface area contributed by atoms with Crippen LogP contribution in [0.5, 0.6) is 0 Å². The smallest absolute Gasteiger partial charge is 0.0710 e. The number of rotatable bonds is 4. The molecule has 2 atom stereocenters. The third-order valence-electron chi connectivity index (χ3n) is 3.85. The number of hydrogen-bond acceptors (Lipinski definition) is 3. The van der Waals surface area contributed by atoms with Gasteiger partial charge >= 0.3 is 0 Å². The Morgan fingerprint density at radius 1 is 1.44 bits per heavy atom. The van der Waals surface area contributed by atoms with Crippen molar-refractivity contribution >= 4 is 0 Å². The molecular weight excluding hydrogens is 224 g/mol. The average molecular weight is 248 g/mol. The predicted octanol–water partition coefficient (Wildman–Crippen LogP) is 2.02. The number of nitrogens with zero attached hydrogens (tertiary/aromatic N) is 1. The molecule has 1 aliphatic rings. The summed E-state index contributed by atoms with van der Waals surface area (Å²) in [4.78, 5) is 2.40. The number of ether oxygens (including phenoxy) is 1. The Bertz CT molecular complexity index is 405. The lowest BCUT2D eigenvalue weighted by Gasteiger charge is -2.22. The lowest BCUT2D eigenvalue weighted by molar-refractivity contribution is 0.107. The molecule has 1 aromatic rings. The molecule has 0 bridgehead atoms. The maximum absolute atomic E-state index is 6.35. The first-order chi connectivity index (χ1) is 8.60. The van der Waals surface area contributed by atoms with Crippen LogP contribution in [-0.2, 0) is 4.74 Å². The molecule has 2 unspecified atom stereocenters. The van der Waals surface area contributed by atoms with E-state index in [1.165, 1.54) is 16.7 Å². The molecule has 0 spiro atoms. The highest BCUT2D eigenvalue weighted by Crippen LogP contribution is 2.20. The van der Waals surface area contributed by atoms with E-state index in [0.29, 0.717) is 6.10 Å². The summed E-state index contributed by atoms with van der Waals surface area (Å²) in [6.07, 6.45) is 1.51. The highest BCUT2D eigenvalue weighted by Gasteiger charge is 2.24. The van der Waals surface area contributed by atoms with E-state index in [2.05, 4.69) is 36.9 Å². The minimum atomic E-state index is 0.0977. The van der Waals surface area contributed by atoms with Crippen LogP contribution in [0.1, 0.15) is 29.2 Å². The van der Waals surface area contributed by atoms with E-state index in [9.17, 15) is 0 Å². The molecule has 3 heteroatoms. The summed E-state index contributed by atoms with van der Waals surface area (Å²) in [5, 5.41) is 0. The van der Waals surface area contributed by atoms with Crippen molar-refractivity contribution in [3.05, 3.63) is 34.9 Å². The van der Waals surface area contributed by atoms with Gasteiger partial charge < -0.3 is 10.5 Å². The van der Waals surface area contributed by atoms with Crippen LogP contribution in [0.2, 0.25) is 0 Å². The lowest BCUT2D eigenvalue weighted by Crippen LogP contribution is -2.31. The highest BCUT2D eigenvalue weighted by atomic mass is 16.5. The fourth-order valence-electron chi connectivity index (χ4n) is 2.69. The fraction of sp³-hybridized carbons (Fsp3) is 0.600. The molecule has 1 aromatic carbocycles. The standard InChI is InChI=1S/C15H24N2O/c1-11-4-5-12(2)14(8-11)15(16)10-17-7-6-13(9-17)18-3/h4-5,8,13,15H,6-7,9-10,16H2,1-3H3. The van der Waals surface area contributed by atoms with Crippen molar-refractivity contribution in [1.29, 1.82) is 0 Å². The van der Waals surface area contributed by atoms with Gasteiger partial charge in [-0.1, -0.05) is 23.8 Å². The van der Waals surface area contributed by atoms with E-state index in [1.54, 1.807) is 7.11 Å². The first-order valence-corrected chi connectivity index (χ1v) is 6.68. The van der Waals surface area contributed by atoms with Crippen LogP contribution in [0, 0.1) is 13.8 Å². The van der Waals surface area contributed by atoms with Crippen molar-refractivity contribution in [1.82, 2.24) is 4.90 Å². The zero-order valence-corrected chi connectivity index (χ0v) is 11.6. The van der Waals surface area contributed by atoms with Crippen LogP contribution < -0.4 is 5.73 Å². The van der Waals surface area contributed by atoms with E-state index in [1.807, 2.05) is 0 Å². The summed E-state index contributed by atoms with van der Waals surface area (Å²) in [5.74, 6) is 0. The van der Waals surface area contributed by atoms with Crippen molar-refractivity contribution in [3.8, 4) is 0 Å². The molecule has 1 heterocycles. The Labute approximate surface area is 110 Å². The number of methoxy groups -OCH3 is 1. The molecule has 1 saturated heterocycles. The van der Waals surface area contributed by atoms with Gasteiger partial charge in [0.25, 0.3) is 0 Å². The quantitative estimate of drug-likeness (QED) is 0.886. The summed E-state index contributed by atoms with van der Waals surface area (Å²) in [5.41, 5.74) is 10.2. The Balaban J connectivity index is 1.99. The predicted molar refractivity (Wildman–Crippen MR) is 74.7 cm³/mol. The van der Waals surface area contributed by atoms with Gasteiger partial charge in [0.1, 0.15) is 0 Å². The minimum Gasteiger partial charge on any atom is -0.380 e. The van der Waals surface area contributed by atoms with E-state index < -0.39 is 0 Å². The number of benzene rings is 1. The van der Waals surface area contributed by atoms with Gasteiger partial charge in [0, 0.05) is 32.8 Å². The zero-order chi connectivity index (χ0) is 13.1. The molecule has 1 fully saturated rings. The fourth-order valence-corrected chi connectivity index (χ4v) is 2.69. The van der Waals surface area contributed by atoms with Crippen LogP contribution in [0.4, 0.5) is 0 Å². The molecule has 2 rings (SSSR count). The Morgan fingerprint density at radius 2 is 2.22 bits per heavy atom. The first kappa shape index (κ1) is 13.5. The number of hydrogen-bond donors (Lipinski definition) is 1. The van der Waals surface area contributed by atoms with Crippen molar-refractivity contribution in [3.63, 3.8) is 0 Å². The van der Waals surface area contributed by atoms with Crippen LogP contribution in [-0.4, -0.2) is 37.7 Å².